The molecule has 0 atom stereocenters. The van der Waals surface area contributed by atoms with Crippen LogP contribution in [0.1, 0.15) is 44.9 Å². The van der Waals surface area contributed by atoms with Crippen molar-refractivity contribution in [3.8, 4) is 5.75 Å². The van der Waals surface area contributed by atoms with E-state index in [9.17, 15) is 4.79 Å². The number of nitrogens with zero attached hydrogens (tertiary/aromatic N) is 5. The zero-order valence-electron chi connectivity index (χ0n) is 20.8. The predicted molar refractivity (Wildman–Crippen MR) is 135 cm³/mol. The zero-order chi connectivity index (χ0) is 23.8. The average molecular weight is 480 g/mol. The lowest BCUT2D eigenvalue weighted by atomic mass is 9.89. The van der Waals surface area contributed by atoms with Crippen molar-refractivity contribution in [2.24, 2.45) is 7.05 Å². The van der Waals surface area contributed by atoms with Crippen molar-refractivity contribution in [2.45, 2.75) is 62.7 Å². The van der Waals surface area contributed by atoms with E-state index in [0.717, 1.165) is 50.6 Å². The lowest BCUT2D eigenvalue weighted by Crippen LogP contribution is -2.59. The van der Waals surface area contributed by atoms with Crippen LogP contribution >= 0.6 is 0 Å². The maximum Gasteiger partial charge on any atom is 0.254 e. The van der Waals surface area contributed by atoms with Gasteiger partial charge in [-0.05, 0) is 62.8 Å². The summed E-state index contributed by atoms with van der Waals surface area (Å²) in [6, 6.07) is 11.3. The van der Waals surface area contributed by atoms with Gasteiger partial charge in [-0.3, -0.25) is 14.4 Å². The van der Waals surface area contributed by atoms with E-state index in [2.05, 4.69) is 39.2 Å². The van der Waals surface area contributed by atoms with Gasteiger partial charge in [0.2, 0.25) is 0 Å². The fourth-order valence-corrected chi connectivity index (χ4v) is 5.98. The second kappa shape index (κ2) is 9.47. The minimum absolute atomic E-state index is 0.0129. The standard InChI is InChI=1S/C27H37N5O3/c1-29-14-11-25(28-29)32-20-27(34-19-26(32)33)12-17-31(18-13-27)22-5-7-23(8-6-22)35-24-9-15-30(16-10-24)21-3-2-4-21/h5-8,11,14,21,24H,2-4,9-10,12-13,15-20H2,1H3. The number of anilines is 2. The van der Waals surface area contributed by atoms with Crippen molar-refractivity contribution in [3.05, 3.63) is 36.5 Å². The van der Waals surface area contributed by atoms with E-state index in [1.54, 1.807) is 9.58 Å². The van der Waals surface area contributed by atoms with Crippen LogP contribution in [0.25, 0.3) is 0 Å². The van der Waals surface area contributed by atoms with Gasteiger partial charge < -0.3 is 19.3 Å². The van der Waals surface area contributed by atoms with Gasteiger partial charge in [-0.1, -0.05) is 6.42 Å². The molecule has 1 aliphatic carbocycles. The molecule has 1 spiro atoms. The number of piperidine rings is 2. The molecule has 4 fully saturated rings. The first-order valence-electron chi connectivity index (χ1n) is 13.3. The third-order valence-corrected chi connectivity index (χ3v) is 8.47. The molecule has 8 nitrogen and oxygen atoms in total. The van der Waals surface area contributed by atoms with Crippen LogP contribution in [-0.4, -0.2) is 77.7 Å². The first kappa shape index (κ1) is 22.9. The SMILES string of the molecule is Cn1ccc(N2CC3(CCN(c4ccc(OC5CCN(C6CCC6)CC5)cc4)CC3)OCC2=O)n1. The topological polar surface area (TPSA) is 63.1 Å². The Balaban J connectivity index is 1.01. The highest BCUT2D eigenvalue weighted by molar-refractivity contribution is 5.94. The fourth-order valence-electron chi connectivity index (χ4n) is 5.98. The number of rotatable bonds is 5. The van der Waals surface area contributed by atoms with Crippen LogP contribution in [0.2, 0.25) is 0 Å². The van der Waals surface area contributed by atoms with E-state index >= 15 is 0 Å². The molecule has 2 aromatic rings. The Kier molecular flexibility index (Phi) is 6.18. The summed E-state index contributed by atoms with van der Waals surface area (Å²) in [6.07, 6.45) is 10.4. The van der Waals surface area contributed by atoms with Crippen molar-refractivity contribution in [3.63, 3.8) is 0 Å². The molecule has 4 heterocycles. The van der Waals surface area contributed by atoms with Gasteiger partial charge in [0.05, 0.1) is 12.1 Å². The molecular weight excluding hydrogens is 442 g/mol. The second-order valence-electron chi connectivity index (χ2n) is 10.7. The Morgan fingerprint density at radius 1 is 1.00 bits per heavy atom. The summed E-state index contributed by atoms with van der Waals surface area (Å²) >= 11 is 0. The van der Waals surface area contributed by atoms with E-state index < -0.39 is 0 Å². The Bertz CT molecular complexity index is 1020. The van der Waals surface area contributed by atoms with Crippen LogP contribution in [0.15, 0.2) is 36.5 Å². The molecule has 0 N–H and O–H groups in total. The number of ether oxygens (including phenoxy) is 2. The summed E-state index contributed by atoms with van der Waals surface area (Å²) in [5.41, 5.74) is 0.930. The number of aryl methyl sites for hydroxylation is 1. The molecule has 1 saturated carbocycles. The summed E-state index contributed by atoms with van der Waals surface area (Å²) in [5, 5.41) is 4.43. The Morgan fingerprint density at radius 3 is 2.37 bits per heavy atom. The van der Waals surface area contributed by atoms with Crippen LogP contribution in [-0.2, 0) is 16.6 Å². The van der Waals surface area contributed by atoms with Crippen LogP contribution < -0.4 is 14.5 Å². The minimum Gasteiger partial charge on any atom is -0.490 e. The van der Waals surface area contributed by atoms with Gasteiger partial charge in [-0.2, -0.15) is 5.10 Å². The van der Waals surface area contributed by atoms with E-state index in [4.69, 9.17) is 9.47 Å². The Morgan fingerprint density at radius 2 is 1.74 bits per heavy atom. The number of likely N-dealkylation sites (tertiary alicyclic amines) is 1. The Hall–Kier alpha value is -2.58. The quantitative estimate of drug-likeness (QED) is 0.656. The normalized spacial score (nSPS) is 24.1. The molecule has 35 heavy (non-hydrogen) atoms. The van der Waals surface area contributed by atoms with Crippen molar-refractivity contribution in [1.82, 2.24) is 14.7 Å². The van der Waals surface area contributed by atoms with Gasteiger partial charge in [-0.25, -0.2) is 0 Å². The summed E-state index contributed by atoms with van der Waals surface area (Å²) in [7, 11) is 1.87. The molecule has 1 amide bonds. The molecular formula is C27H37N5O3. The zero-order valence-corrected chi connectivity index (χ0v) is 20.8. The third kappa shape index (κ3) is 4.78. The molecule has 6 rings (SSSR count). The van der Waals surface area contributed by atoms with E-state index in [1.807, 2.05) is 19.3 Å². The highest BCUT2D eigenvalue weighted by Crippen LogP contribution is 2.35. The second-order valence-corrected chi connectivity index (χ2v) is 10.7. The first-order chi connectivity index (χ1) is 17.1. The molecule has 3 saturated heterocycles. The molecule has 3 aliphatic heterocycles. The predicted octanol–water partition coefficient (Wildman–Crippen LogP) is 3.22. The van der Waals surface area contributed by atoms with Gasteiger partial charge in [0.25, 0.3) is 5.91 Å². The van der Waals surface area contributed by atoms with Crippen LogP contribution in [0, 0.1) is 0 Å². The summed E-state index contributed by atoms with van der Waals surface area (Å²) in [6.45, 7) is 4.86. The molecule has 188 valence electrons. The fraction of sp³-hybridized carbons (Fsp3) is 0.630. The summed E-state index contributed by atoms with van der Waals surface area (Å²) in [4.78, 5) is 19.4. The van der Waals surface area contributed by atoms with Crippen molar-refractivity contribution < 1.29 is 14.3 Å². The highest BCUT2D eigenvalue weighted by atomic mass is 16.5. The van der Waals surface area contributed by atoms with Crippen molar-refractivity contribution >= 4 is 17.4 Å². The number of hydrogen-bond donors (Lipinski definition) is 0. The maximum atomic E-state index is 12.5. The van der Waals surface area contributed by atoms with Crippen molar-refractivity contribution in [2.75, 3.05) is 49.1 Å². The number of morpholine rings is 1. The number of aromatic nitrogens is 2. The number of hydrogen-bond acceptors (Lipinski definition) is 6. The van der Waals surface area contributed by atoms with E-state index in [0.29, 0.717) is 18.5 Å². The molecule has 4 aliphatic rings. The minimum atomic E-state index is -0.292. The highest BCUT2D eigenvalue weighted by Gasteiger charge is 2.43. The van der Waals surface area contributed by atoms with Crippen LogP contribution in [0.4, 0.5) is 11.5 Å². The van der Waals surface area contributed by atoms with Crippen LogP contribution in [0.3, 0.4) is 0 Å². The molecule has 0 radical (unpaired) electrons. The van der Waals surface area contributed by atoms with Gasteiger partial charge >= 0.3 is 0 Å². The summed E-state index contributed by atoms with van der Waals surface area (Å²) < 4.78 is 14.2. The number of amides is 1. The molecule has 0 unspecified atom stereocenters. The van der Waals surface area contributed by atoms with E-state index in [1.165, 1.54) is 38.0 Å². The van der Waals surface area contributed by atoms with Gasteiger partial charge in [0, 0.05) is 57.2 Å². The molecule has 1 aromatic carbocycles. The maximum absolute atomic E-state index is 12.5. The van der Waals surface area contributed by atoms with Gasteiger partial charge in [0.15, 0.2) is 5.82 Å². The smallest absolute Gasteiger partial charge is 0.254 e. The lowest BCUT2D eigenvalue weighted by Gasteiger charge is -2.47. The Labute approximate surface area is 207 Å². The van der Waals surface area contributed by atoms with E-state index in [-0.39, 0.29) is 18.1 Å². The molecule has 0 bridgehead atoms. The van der Waals surface area contributed by atoms with Crippen molar-refractivity contribution in [1.29, 1.82) is 0 Å². The number of carbonyl (C=O) groups excluding carboxylic acids is 1. The summed E-state index contributed by atoms with van der Waals surface area (Å²) in [5.74, 6) is 1.68. The monoisotopic (exact) mass is 479 g/mol. The third-order valence-electron chi connectivity index (χ3n) is 8.47. The van der Waals surface area contributed by atoms with Gasteiger partial charge in [-0.15, -0.1) is 0 Å². The number of benzene rings is 1. The largest absolute Gasteiger partial charge is 0.490 e. The lowest BCUT2D eigenvalue weighted by molar-refractivity contribution is -0.141. The molecule has 8 heteroatoms. The van der Waals surface area contributed by atoms with Gasteiger partial charge in [0.1, 0.15) is 18.5 Å². The molecule has 1 aromatic heterocycles. The average Bonchev–Trinajstić information content (AvgIpc) is 3.28. The number of carbonyl (C=O) groups is 1. The first-order valence-corrected chi connectivity index (χ1v) is 13.3. The van der Waals surface area contributed by atoms with Crippen LogP contribution in [0.5, 0.6) is 5.75 Å².